The fourth-order valence-electron chi connectivity index (χ4n) is 3.30. The molecule has 0 aliphatic carbocycles. The summed E-state index contributed by atoms with van der Waals surface area (Å²) in [6.45, 7) is 7.35. The lowest BCUT2D eigenvalue weighted by atomic mass is 10.1. The number of rotatable bonds is 7. The number of nitrogens with one attached hydrogen (secondary N) is 1. The van der Waals surface area contributed by atoms with Gasteiger partial charge in [-0.05, 0) is 24.6 Å². The third kappa shape index (κ3) is 4.62. The van der Waals surface area contributed by atoms with Gasteiger partial charge in [0.1, 0.15) is 17.3 Å². The summed E-state index contributed by atoms with van der Waals surface area (Å²) in [5, 5.41) is 21.7. The van der Waals surface area contributed by atoms with Crippen molar-refractivity contribution >= 4 is 5.91 Å². The van der Waals surface area contributed by atoms with Gasteiger partial charge in [0.15, 0.2) is 5.82 Å². The summed E-state index contributed by atoms with van der Waals surface area (Å²) >= 11 is 0. The molecular formula is C20H29N5O3. The Morgan fingerprint density at radius 1 is 1.32 bits per heavy atom. The van der Waals surface area contributed by atoms with Gasteiger partial charge in [-0.2, -0.15) is 0 Å². The summed E-state index contributed by atoms with van der Waals surface area (Å²) in [6.07, 6.45) is 1.59. The molecule has 152 valence electrons. The summed E-state index contributed by atoms with van der Waals surface area (Å²) in [5.41, 5.74) is 0.845. The number of aromatic nitrogens is 3. The number of benzene rings is 1. The molecule has 3 rings (SSSR count). The van der Waals surface area contributed by atoms with Crippen LogP contribution in [0.15, 0.2) is 18.2 Å². The van der Waals surface area contributed by atoms with Crippen molar-refractivity contribution in [2.24, 2.45) is 5.92 Å². The molecule has 1 aliphatic rings. The number of carbonyl (C=O) groups is 1. The zero-order valence-corrected chi connectivity index (χ0v) is 16.8. The maximum absolute atomic E-state index is 12.0. The first-order valence-corrected chi connectivity index (χ1v) is 9.78. The van der Waals surface area contributed by atoms with E-state index in [1.54, 1.807) is 19.2 Å². The van der Waals surface area contributed by atoms with E-state index >= 15 is 0 Å². The highest BCUT2D eigenvalue weighted by atomic mass is 16.5. The molecule has 8 heteroatoms. The molecule has 0 bridgehead atoms. The highest BCUT2D eigenvalue weighted by molar-refractivity contribution is 5.78. The van der Waals surface area contributed by atoms with Crippen LogP contribution in [0, 0.1) is 5.92 Å². The van der Waals surface area contributed by atoms with Crippen molar-refractivity contribution in [3.63, 3.8) is 0 Å². The SMILES string of the molecule is CC[C@H](C)C(=O)NCc1nnc2n1CCN(Cc1cc(OC)ccc1O)CC2. The molecule has 1 aromatic heterocycles. The lowest BCUT2D eigenvalue weighted by Crippen LogP contribution is -2.30. The van der Waals surface area contributed by atoms with Crippen LogP contribution >= 0.6 is 0 Å². The monoisotopic (exact) mass is 387 g/mol. The van der Waals surface area contributed by atoms with Crippen LogP contribution in [-0.2, 0) is 30.8 Å². The van der Waals surface area contributed by atoms with Gasteiger partial charge in [-0.25, -0.2) is 0 Å². The first-order chi connectivity index (χ1) is 13.5. The zero-order valence-electron chi connectivity index (χ0n) is 16.8. The van der Waals surface area contributed by atoms with Crippen molar-refractivity contribution in [2.75, 3.05) is 20.2 Å². The Morgan fingerprint density at radius 2 is 2.14 bits per heavy atom. The standard InChI is InChI=1S/C20H29N5O3/c1-4-14(2)20(27)21-12-19-23-22-18-7-8-24(9-10-25(18)19)13-15-11-16(28-3)5-6-17(15)26/h5-6,11,14,26H,4,7-10,12-13H2,1-3H3,(H,21,27)/t14-/m0/s1. The molecule has 1 aliphatic heterocycles. The molecular weight excluding hydrogens is 358 g/mol. The Balaban J connectivity index is 1.62. The fraction of sp³-hybridized carbons (Fsp3) is 0.550. The third-order valence-corrected chi connectivity index (χ3v) is 5.36. The second kappa shape index (κ2) is 9.05. The number of amides is 1. The minimum atomic E-state index is -0.00226. The average Bonchev–Trinajstić information content (AvgIpc) is 2.99. The summed E-state index contributed by atoms with van der Waals surface area (Å²) < 4.78 is 7.36. The Kier molecular flexibility index (Phi) is 6.51. The van der Waals surface area contributed by atoms with Crippen molar-refractivity contribution in [1.82, 2.24) is 25.0 Å². The van der Waals surface area contributed by atoms with Crippen molar-refractivity contribution < 1.29 is 14.6 Å². The Hall–Kier alpha value is -2.61. The summed E-state index contributed by atoms with van der Waals surface area (Å²) in [7, 11) is 1.62. The van der Waals surface area contributed by atoms with Crippen LogP contribution in [0.1, 0.15) is 37.5 Å². The molecule has 2 heterocycles. The molecule has 2 N–H and O–H groups in total. The van der Waals surface area contributed by atoms with Crippen LogP contribution in [-0.4, -0.2) is 50.9 Å². The molecule has 8 nitrogen and oxygen atoms in total. The van der Waals surface area contributed by atoms with Gasteiger partial charge in [0, 0.05) is 44.1 Å². The number of ether oxygens (including phenoxy) is 1. The number of carbonyl (C=O) groups excluding carboxylic acids is 1. The van der Waals surface area contributed by atoms with E-state index in [-0.39, 0.29) is 17.6 Å². The predicted molar refractivity (Wildman–Crippen MR) is 105 cm³/mol. The first kappa shape index (κ1) is 20.1. The second-order valence-corrected chi connectivity index (χ2v) is 7.23. The van der Waals surface area contributed by atoms with Crippen molar-refractivity contribution in [3.8, 4) is 11.5 Å². The first-order valence-electron chi connectivity index (χ1n) is 9.78. The maximum atomic E-state index is 12.0. The number of hydrogen-bond donors (Lipinski definition) is 2. The van der Waals surface area contributed by atoms with Crippen LogP contribution < -0.4 is 10.1 Å². The number of phenols is 1. The second-order valence-electron chi connectivity index (χ2n) is 7.23. The van der Waals surface area contributed by atoms with Crippen molar-refractivity contribution in [3.05, 3.63) is 35.4 Å². The number of aromatic hydroxyl groups is 1. The maximum Gasteiger partial charge on any atom is 0.223 e. The van der Waals surface area contributed by atoms with E-state index in [9.17, 15) is 9.90 Å². The van der Waals surface area contributed by atoms with E-state index < -0.39 is 0 Å². The number of fused-ring (bicyclic) bond motifs is 1. The summed E-state index contributed by atoms with van der Waals surface area (Å²) in [6, 6.07) is 5.29. The van der Waals surface area contributed by atoms with E-state index in [1.165, 1.54) is 0 Å². The largest absolute Gasteiger partial charge is 0.508 e. The van der Waals surface area contributed by atoms with Gasteiger partial charge in [-0.15, -0.1) is 10.2 Å². The van der Waals surface area contributed by atoms with Gasteiger partial charge in [-0.1, -0.05) is 13.8 Å². The molecule has 1 atom stereocenters. The number of hydrogen-bond acceptors (Lipinski definition) is 6. The molecule has 0 saturated heterocycles. The topological polar surface area (TPSA) is 92.5 Å². The van der Waals surface area contributed by atoms with Crippen LogP contribution in [0.4, 0.5) is 0 Å². The van der Waals surface area contributed by atoms with Gasteiger partial charge in [0.05, 0.1) is 13.7 Å². The molecule has 2 aromatic rings. The van der Waals surface area contributed by atoms with E-state index in [2.05, 4.69) is 25.0 Å². The summed E-state index contributed by atoms with van der Waals surface area (Å²) in [5.74, 6) is 2.78. The molecule has 1 aromatic carbocycles. The van der Waals surface area contributed by atoms with Crippen molar-refractivity contribution in [2.45, 2.75) is 46.3 Å². The highest BCUT2D eigenvalue weighted by Crippen LogP contribution is 2.25. The molecule has 0 radical (unpaired) electrons. The zero-order chi connectivity index (χ0) is 20.1. The average molecular weight is 387 g/mol. The fourth-order valence-corrected chi connectivity index (χ4v) is 3.30. The Bertz CT molecular complexity index is 820. The van der Waals surface area contributed by atoms with Gasteiger partial charge in [0.25, 0.3) is 0 Å². The predicted octanol–water partition coefficient (Wildman–Crippen LogP) is 1.71. The minimum Gasteiger partial charge on any atom is -0.508 e. The van der Waals surface area contributed by atoms with E-state index in [0.717, 1.165) is 55.4 Å². The Labute approximate surface area is 165 Å². The van der Waals surface area contributed by atoms with Gasteiger partial charge in [0.2, 0.25) is 5.91 Å². The molecule has 0 spiro atoms. The number of phenolic OH excluding ortho intramolecular Hbond substituents is 1. The van der Waals surface area contributed by atoms with Crippen LogP contribution in [0.25, 0.3) is 0 Å². The normalized spacial score (nSPS) is 15.5. The molecule has 0 saturated carbocycles. The Morgan fingerprint density at radius 3 is 2.89 bits per heavy atom. The van der Waals surface area contributed by atoms with Crippen LogP contribution in [0.2, 0.25) is 0 Å². The molecule has 0 unspecified atom stereocenters. The minimum absolute atomic E-state index is 0.00226. The van der Waals surface area contributed by atoms with Gasteiger partial charge < -0.3 is 19.7 Å². The lowest BCUT2D eigenvalue weighted by molar-refractivity contribution is -0.124. The summed E-state index contributed by atoms with van der Waals surface area (Å²) in [4.78, 5) is 14.3. The van der Waals surface area contributed by atoms with Gasteiger partial charge in [-0.3, -0.25) is 9.69 Å². The molecule has 0 fully saturated rings. The molecule has 28 heavy (non-hydrogen) atoms. The number of methoxy groups -OCH3 is 1. The van der Waals surface area contributed by atoms with E-state index in [0.29, 0.717) is 13.1 Å². The van der Waals surface area contributed by atoms with Gasteiger partial charge >= 0.3 is 0 Å². The third-order valence-electron chi connectivity index (χ3n) is 5.36. The smallest absolute Gasteiger partial charge is 0.223 e. The molecule has 1 amide bonds. The highest BCUT2D eigenvalue weighted by Gasteiger charge is 2.20. The lowest BCUT2D eigenvalue weighted by Gasteiger charge is -2.20. The number of nitrogens with zero attached hydrogens (tertiary/aromatic N) is 4. The van der Waals surface area contributed by atoms with E-state index in [1.807, 2.05) is 19.9 Å². The quantitative estimate of drug-likeness (QED) is 0.751. The van der Waals surface area contributed by atoms with Crippen molar-refractivity contribution in [1.29, 1.82) is 0 Å². The van der Waals surface area contributed by atoms with E-state index in [4.69, 9.17) is 4.74 Å². The van der Waals surface area contributed by atoms with Crippen LogP contribution in [0.5, 0.6) is 11.5 Å². The van der Waals surface area contributed by atoms with Crippen LogP contribution in [0.3, 0.4) is 0 Å².